The molecule has 0 saturated carbocycles. The summed E-state index contributed by atoms with van der Waals surface area (Å²) in [6.45, 7) is 1.13. The first-order valence-corrected chi connectivity index (χ1v) is 8.43. The minimum absolute atomic E-state index is 0.103. The summed E-state index contributed by atoms with van der Waals surface area (Å²) in [5, 5.41) is 11.7. The number of carbonyl (C=O) groups excluding carboxylic acids is 1. The van der Waals surface area contributed by atoms with Crippen molar-refractivity contribution in [2.24, 2.45) is 0 Å². The lowest BCUT2D eigenvalue weighted by Gasteiger charge is -2.11. The van der Waals surface area contributed by atoms with Crippen LogP contribution in [-0.4, -0.2) is 37.3 Å². The summed E-state index contributed by atoms with van der Waals surface area (Å²) in [7, 11) is 1.43. The van der Waals surface area contributed by atoms with Gasteiger partial charge in [0.25, 0.3) is 0 Å². The Labute approximate surface area is 152 Å². The Balaban J connectivity index is 1.69. The van der Waals surface area contributed by atoms with Crippen molar-refractivity contribution >= 4 is 17.6 Å². The summed E-state index contributed by atoms with van der Waals surface area (Å²) in [5.74, 6) is -0.899. The Hall–Kier alpha value is -2.86. The molecule has 0 aliphatic rings. The molecule has 0 unspecified atom stereocenters. The minimum Gasteiger partial charge on any atom is -0.495 e. The maximum atomic E-state index is 12.0. The number of amides is 1. The molecule has 0 aromatic heterocycles. The van der Waals surface area contributed by atoms with E-state index in [9.17, 15) is 9.59 Å². The second-order valence-corrected chi connectivity index (χ2v) is 5.72. The summed E-state index contributed by atoms with van der Waals surface area (Å²) in [6.07, 6.45) is 1.77. The van der Waals surface area contributed by atoms with E-state index in [1.165, 1.54) is 30.9 Å². The molecule has 0 aliphatic carbocycles. The number of aromatic carboxylic acids is 1. The number of nitrogens with one attached hydrogen (secondary N) is 1. The van der Waals surface area contributed by atoms with Crippen LogP contribution in [0.4, 0.5) is 5.69 Å². The van der Waals surface area contributed by atoms with Crippen LogP contribution < -0.4 is 10.1 Å². The molecular weight excluding hydrogens is 334 g/mol. The van der Waals surface area contributed by atoms with Crippen LogP contribution in [-0.2, 0) is 16.0 Å². The van der Waals surface area contributed by atoms with Crippen molar-refractivity contribution in [2.45, 2.75) is 19.3 Å². The lowest BCUT2D eigenvalue weighted by molar-refractivity contribution is -0.116. The van der Waals surface area contributed by atoms with Crippen molar-refractivity contribution in [3.63, 3.8) is 0 Å². The van der Waals surface area contributed by atoms with E-state index < -0.39 is 5.97 Å². The number of anilines is 1. The minimum atomic E-state index is -1.05. The van der Waals surface area contributed by atoms with Crippen molar-refractivity contribution in [3.8, 4) is 5.75 Å². The van der Waals surface area contributed by atoms with Gasteiger partial charge in [-0.05, 0) is 36.6 Å². The highest BCUT2D eigenvalue weighted by Crippen LogP contribution is 2.25. The lowest BCUT2D eigenvalue weighted by atomic mass is 10.2. The molecule has 2 aromatic rings. The zero-order valence-corrected chi connectivity index (χ0v) is 14.7. The van der Waals surface area contributed by atoms with Gasteiger partial charge in [-0.3, -0.25) is 4.79 Å². The standard InChI is InChI=1S/C20H23NO5/c1-25-18-14-16(20(23)24)9-10-17(18)21-19(22)8-5-12-26-13-11-15-6-3-2-4-7-15/h2-4,6-7,9-10,14H,5,8,11-13H2,1H3,(H,21,22)(H,23,24). The first-order valence-electron chi connectivity index (χ1n) is 8.43. The fourth-order valence-corrected chi connectivity index (χ4v) is 2.41. The van der Waals surface area contributed by atoms with E-state index in [-0.39, 0.29) is 11.5 Å². The molecule has 0 saturated heterocycles. The molecule has 0 spiro atoms. The number of rotatable bonds is 10. The smallest absolute Gasteiger partial charge is 0.335 e. The maximum Gasteiger partial charge on any atom is 0.335 e. The molecule has 6 nitrogen and oxygen atoms in total. The number of carboxylic acids is 1. The number of benzene rings is 2. The van der Waals surface area contributed by atoms with Gasteiger partial charge in [-0.25, -0.2) is 4.79 Å². The highest BCUT2D eigenvalue weighted by atomic mass is 16.5. The Bertz CT molecular complexity index is 730. The van der Waals surface area contributed by atoms with E-state index in [0.717, 1.165) is 6.42 Å². The summed E-state index contributed by atoms with van der Waals surface area (Å²) in [6, 6.07) is 14.4. The third-order valence-corrected chi connectivity index (χ3v) is 3.79. The largest absolute Gasteiger partial charge is 0.495 e. The van der Waals surface area contributed by atoms with E-state index >= 15 is 0 Å². The maximum absolute atomic E-state index is 12.0. The summed E-state index contributed by atoms with van der Waals surface area (Å²) >= 11 is 0. The molecule has 0 aliphatic heterocycles. The van der Waals surface area contributed by atoms with Crippen LogP contribution in [0.3, 0.4) is 0 Å². The highest BCUT2D eigenvalue weighted by Gasteiger charge is 2.11. The highest BCUT2D eigenvalue weighted by molar-refractivity contribution is 5.94. The Kier molecular flexibility index (Phi) is 7.64. The third kappa shape index (κ3) is 6.22. The van der Waals surface area contributed by atoms with Crippen LogP contribution in [0.2, 0.25) is 0 Å². The van der Waals surface area contributed by atoms with Crippen LogP contribution >= 0.6 is 0 Å². The SMILES string of the molecule is COc1cc(C(=O)O)ccc1NC(=O)CCCOCCc1ccccc1. The number of methoxy groups -OCH3 is 1. The number of ether oxygens (including phenoxy) is 2. The predicted molar refractivity (Wildman–Crippen MR) is 98.8 cm³/mol. The van der Waals surface area contributed by atoms with Crippen LogP contribution in [0, 0.1) is 0 Å². The number of carboxylic acid groups (broad SMARTS) is 1. The topological polar surface area (TPSA) is 84.9 Å². The number of carbonyl (C=O) groups is 2. The number of hydrogen-bond donors (Lipinski definition) is 2. The summed E-state index contributed by atoms with van der Waals surface area (Å²) < 4.78 is 10.7. The Morgan fingerprint density at radius 1 is 1.08 bits per heavy atom. The molecule has 26 heavy (non-hydrogen) atoms. The molecule has 6 heteroatoms. The van der Waals surface area contributed by atoms with Crippen LogP contribution in [0.15, 0.2) is 48.5 Å². The predicted octanol–water partition coefficient (Wildman–Crippen LogP) is 3.37. The van der Waals surface area contributed by atoms with Gasteiger partial charge in [0, 0.05) is 13.0 Å². The van der Waals surface area contributed by atoms with E-state index in [2.05, 4.69) is 17.4 Å². The van der Waals surface area contributed by atoms with Gasteiger partial charge in [0.2, 0.25) is 5.91 Å². The first-order chi connectivity index (χ1) is 12.6. The van der Waals surface area contributed by atoms with Crippen LogP contribution in [0.25, 0.3) is 0 Å². The fraction of sp³-hybridized carbons (Fsp3) is 0.300. The van der Waals surface area contributed by atoms with Crippen molar-refractivity contribution < 1.29 is 24.2 Å². The molecule has 2 N–H and O–H groups in total. The quantitative estimate of drug-likeness (QED) is 0.637. The van der Waals surface area contributed by atoms with Gasteiger partial charge in [0.1, 0.15) is 5.75 Å². The van der Waals surface area contributed by atoms with E-state index in [4.69, 9.17) is 14.6 Å². The van der Waals surface area contributed by atoms with Crippen molar-refractivity contribution in [3.05, 3.63) is 59.7 Å². The van der Waals surface area contributed by atoms with Gasteiger partial charge >= 0.3 is 5.97 Å². The molecule has 0 atom stereocenters. The summed E-state index contributed by atoms with van der Waals surface area (Å²) in [5.41, 5.74) is 1.78. The van der Waals surface area contributed by atoms with Crippen molar-refractivity contribution in [1.82, 2.24) is 0 Å². The van der Waals surface area contributed by atoms with Crippen molar-refractivity contribution in [1.29, 1.82) is 0 Å². The number of hydrogen-bond acceptors (Lipinski definition) is 4. The molecule has 138 valence electrons. The molecular formula is C20H23NO5. The molecule has 0 bridgehead atoms. The van der Waals surface area contributed by atoms with Crippen molar-refractivity contribution in [2.75, 3.05) is 25.6 Å². The second kappa shape index (κ2) is 10.2. The van der Waals surface area contributed by atoms with Gasteiger partial charge in [-0.1, -0.05) is 30.3 Å². The van der Waals surface area contributed by atoms with E-state index in [1.54, 1.807) is 0 Å². The molecule has 0 heterocycles. The van der Waals surface area contributed by atoms with Gasteiger partial charge in [-0.15, -0.1) is 0 Å². The van der Waals surface area contributed by atoms with Gasteiger partial charge in [-0.2, -0.15) is 0 Å². The third-order valence-electron chi connectivity index (χ3n) is 3.79. The van der Waals surface area contributed by atoms with Gasteiger partial charge in [0.05, 0.1) is 25.0 Å². The summed E-state index contributed by atoms with van der Waals surface area (Å²) in [4.78, 5) is 23.0. The molecule has 1 amide bonds. The Morgan fingerprint density at radius 3 is 2.54 bits per heavy atom. The fourth-order valence-electron chi connectivity index (χ4n) is 2.41. The van der Waals surface area contributed by atoms with Crippen LogP contribution in [0.5, 0.6) is 5.75 Å². The zero-order chi connectivity index (χ0) is 18.8. The molecule has 2 aromatic carbocycles. The Morgan fingerprint density at radius 2 is 1.85 bits per heavy atom. The van der Waals surface area contributed by atoms with Gasteiger partial charge in [0.15, 0.2) is 0 Å². The zero-order valence-electron chi connectivity index (χ0n) is 14.7. The van der Waals surface area contributed by atoms with E-state index in [1.807, 2.05) is 18.2 Å². The monoisotopic (exact) mass is 357 g/mol. The van der Waals surface area contributed by atoms with Gasteiger partial charge < -0.3 is 19.9 Å². The first kappa shape index (κ1) is 19.5. The molecule has 0 fully saturated rings. The molecule has 0 radical (unpaired) electrons. The normalized spacial score (nSPS) is 10.3. The second-order valence-electron chi connectivity index (χ2n) is 5.72. The van der Waals surface area contributed by atoms with E-state index in [0.29, 0.717) is 37.5 Å². The molecule has 2 rings (SSSR count). The van der Waals surface area contributed by atoms with Crippen LogP contribution in [0.1, 0.15) is 28.8 Å². The average Bonchev–Trinajstić information content (AvgIpc) is 2.65. The average molecular weight is 357 g/mol. The lowest BCUT2D eigenvalue weighted by Crippen LogP contribution is -2.13.